The summed E-state index contributed by atoms with van der Waals surface area (Å²) in [6, 6.07) is -0.247. The molecule has 0 radical (unpaired) electrons. The number of amides is 2. The normalized spacial score (nSPS) is 31.7. The number of likely N-dealkylation sites (tertiary alicyclic amines) is 1. The maximum atomic E-state index is 13.1. The first-order chi connectivity index (χ1) is 11.1. The monoisotopic (exact) mass is 324 g/mol. The van der Waals surface area contributed by atoms with Gasteiger partial charge >= 0.3 is 0 Å². The van der Waals surface area contributed by atoms with Crippen LogP contribution in [-0.4, -0.2) is 70.7 Å². The van der Waals surface area contributed by atoms with E-state index in [9.17, 15) is 14.7 Å². The first-order valence-corrected chi connectivity index (χ1v) is 8.93. The lowest BCUT2D eigenvalue weighted by Crippen LogP contribution is -2.52. The number of hydrogen-bond donors (Lipinski definition) is 1. The summed E-state index contributed by atoms with van der Waals surface area (Å²) < 4.78 is 5.73. The Morgan fingerprint density at radius 2 is 1.96 bits per heavy atom. The minimum Gasteiger partial charge on any atom is -0.391 e. The Labute approximate surface area is 137 Å². The summed E-state index contributed by atoms with van der Waals surface area (Å²) >= 11 is 0. The predicted molar refractivity (Wildman–Crippen MR) is 84.7 cm³/mol. The molecule has 130 valence electrons. The molecule has 0 aromatic carbocycles. The maximum absolute atomic E-state index is 13.1. The number of nitrogens with zero attached hydrogens (tertiary/aromatic N) is 2. The van der Waals surface area contributed by atoms with E-state index >= 15 is 0 Å². The number of ether oxygens (including phenoxy) is 1. The first-order valence-electron chi connectivity index (χ1n) is 8.93. The summed E-state index contributed by atoms with van der Waals surface area (Å²) in [4.78, 5) is 28.5. The van der Waals surface area contributed by atoms with Crippen LogP contribution in [-0.2, 0) is 14.3 Å². The summed E-state index contributed by atoms with van der Waals surface area (Å²) in [5.41, 5.74) is 0. The van der Waals surface area contributed by atoms with Crippen LogP contribution in [0, 0.1) is 0 Å². The predicted octanol–water partition coefficient (Wildman–Crippen LogP) is 0.918. The molecule has 6 heteroatoms. The first kappa shape index (κ1) is 16.7. The van der Waals surface area contributed by atoms with Gasteiger partial charge in [0.1, 0.15) is 6.04 Å². The minimum absolute atomic E-state index is 0.000787. The molecule has 6 nitrogen and oxygen atoms in total. The molecule has 2 aliphatic heterocycles. The van der Waals surface area contributed by atoms with Gasteiger partial charge in [-0.15, -0.1) is 0 Å². The van der Waals surface area contributed by atoms with Crippen molar-refractivity contribution in [1.29, 1.82) is 0 Å². The molecule has 1 N–H and O–H groups in total. The van der Waals surface area contributed by atoms with E-state index in [-0.39, 0.29) is 30.5 Å². The van der Waals surface area contributed by atoms with E-state index < -0.39 is 12.1 Å². The fourth-order valence-electron chi connectivity index (χ4n) is 4.23. The van der Waals surface area contributed by atoms with E-state index in [1.807, 2.05) is 4.90 Å². The van der Waals surface area contributed by atoms with Gasteiger partial charge in [0.05, 0.1) is 12.2 Å². The summed E-state index contributed by atoms with van der Waals surface area (Å²) in [5, 5.41) is 9.91. The average molecular weight is 324 g/mol. The zero-order chi connectivity index (χ0) is 16.4. The molecule has 2 saturated heterocycles. The van der Waals surface area contributed by atoms with Crippen molar-refractivity contribution in [1.82, 2.24) is 9.80 Å². The molecular formula is C17H28N2O4. The number of carbonyl (C=O) groups is 2. The average Bonchev–Trinajstić information content (AvgIpc) is 3.25. The second kappa shape index (κ2) is 7.18. The van der Waals surface area contributed by atoms with Crippen molar-refractivity contribution in [3.05, 3.63) is 0 Å². The number of carbonyl (C=O) groups excluding carboxylic acids is 2. The van der Waals surface area contributed by atoms with Crippen LogP contribution in [0.3, 0.4) is 0 Å². The second-order valence-electron chi connectivity index (χ2n) is 7.14. The van der Waals surface area contributed by atoms with Gasteiger partial charge in [0.25, 0.3) is 0 Å². The Kier molecular flexibility index (Phi) is 5.21. The van der Waals surface area contributed by atoms with Crippen LogP contribution in [0.1, 0.15) is 51.9 Å². The second-order valence-corrected chi connectivity index (χ2v) is 7.14. The molecular weight excluding hydrogens is 296 g/mol. The van der Waals surface area contributed by atoms with E-state index in [0.29, 0.717) is 13.0 Å². The molecule has 3 rings (SSSR count). The van der Waals surface area contributed by atoms with Crippen molar-refractivity contribution in [2.45, 2.75) is 76.2 Å². The van der Waals surface area contributed by atoms with Gasteiger partial charge in [-0.1, -0.05) is 12.8 Å². The third kappa shape index (κ3) is 3.69. The van der Waals surface area contributed by atoms with Crippen molar-refractivity contribution in [3.8, 4) is 0 Å². The molecule has 1 aliphatic carbocycles. The lowest BCUT2D eigenvalue weighted by molar-refractivity contribution is -0.145. The van der Waals surface area contributed by atoms with Crippen LogP contribution < -0.4 is 0 Å². The third-order valence-corrected chi connectivity index (χ3v) is 5.44. The van der Waals surface area contributed by atoms with E-state index in [0.717, 1.165) is 45.1 Å². The highest BCUT2D eigenvalue weighted by Crippen LogP contribution is 2.29. The Morgan fingerprint density at radius 3 is 2.57 bits per heavy atom. The Morgan fingerprint density at radius 1 is 1.22 bits per heavy atom. The zero-order valence-corrected chi connectivity index (χ0v) is 13.9. The molecule has 1 saturated carbocycles. The molecule has 0 spiro atoms. The topological polar surface area (TPSA) is 70.1 Å². The van der Waals surface area contributed by atoms with E-state index in [1.165, 1.54) is 11.8 Å². The molecule has 3 aliphatic rings. The lowest BCUT2D eigenvalue weighted by atomic mass is 10.1. The van der Waals surface area contributed by atoms with Crippen molar-refractivity contribution in [2.24, 2.45) is 0 Å². The Hall–Kier alpha value is -1.14. The van der Waals surface area contributed by atoms with Crippen LogP contribution in [0.25, 0.3) is 0 Å². The highest BCUT2D eigenvalue weighted by molar-refractivity contribution is 5.88. The number of aliphatic hydroxyl groups is 1. The molecule has 2 heterocycles. The smallest absolute Gasteiger partial charge is 0.245 e. The van der Waals surface area contributed by atoms with Gasteiger partial charge < -0.3 is 19.6 Å². The van der Waals surface area contributed by atoms with Gasteiger partial charge in [0.15, 0.2) is 0 Å². The van der Waals surface area contributed by atoms with Crippen molar-refractivity contribution in [3.63, 3.8) is 0 Å². The molecule has 0 aromatic rings. The summed E-state index contributed by atoms with van der Waals surface area (Å²) in [6.07, 6.45) is 6.32. The molecule has 3 fully saturated rings. The summed E-state index contributed by atoms with van der Waals surface area (Å²) in [7, 11) is 0. The van der Waals surface area contributed by atoms with Gasteiger partial charge in [-0.05, 0) is 25.7 Å². The van der Waals surface area contributed by atoms with Gasteiger partial charge in [-0.2, -0.15) is 0 Å². The number of aliphatic hydroxyl groups excluding tert-OH is 1. The standard InChI is InChI=1S/C17H28N2O4/c1-12(20)18-10-14(21)9-16(18)17(22)19(13-5-2-3-6-13)11-15-7-4-8-23-15/h13-16,21H,2-11H2,1H3/t14-,15?,16+/m0/s1. The number of hydrogen-bond acceptors (Lipinski definition) is 4. The number of rotatable bonds is 4. The van der Waals surface area contributed by atoms with Crippen molar-refractivity contribution < 1.29 is 19.4 Å². The van der Waals surface area contributed by atoms with Gasteiger partial charge in [0.2, 0.25) is 11.8 Å². The fraction of sp³-hybridized carbons (Fsp3) is 0.882. The van der Waals surface area contributed by atoms with Crippen molar-refractivity contribution >= 4 is 11.8 Å². The van der Waals surface area contributed by atoms with E-state index in [2.05, 4.69) is 0 Å². The largest absolute Gasteiger partial charge is 0.391 e. The maximum Gasteiger partial charge on any atom is 0.245 e. The molecule has 3 atom stereocenters. The van der Waals surface area contributed by atoms with E-state index in [1.54, 1.807) is 0 Å². The highest BCUT2D eigenvalue weighted by atomic mass is 16.5. The quantitative estimate of drug-likeness (QED) is 0.835. The van der Waals surface area contributed by atoms with Crippen molar-refractivity contribution in [2.75, 3.05) is 19.7 Å². The van der Waals surface area contributed by atoms with Gasteiger partial charge in [-0.25, -0.2) is 0 Å². The molecule has 23 heavy (non-hydrogen) atoms. The minimum atomic E-state index is -0.596. The third-order valence-electron chi connectivity index (χ3n) is 5.44. The van der Waals surface area contributed by atoms with E-state index in [4.69, 9.17) is 4.74 Å². The Balaban J connectivity index is 1.74. The van der Waals surface area contributed by atoms with Crippen LogP contribution in [0.5, 0.6) is 0 Å². The highest BCUT2D eigenvalue weighted by Gasteiger charge is 2.42. The zero-order valence-electron chi connectivity index (χ0n) is 13.9. The van der Waals surface area contributed by atoms with Crippen LogP contribution in [0.4, 0.5) is 0 Å². The lowest BCUT2D eigenvalue weighted by Gasteiger charge is -2.35. The van der Waals surface area contributed by atoms with Gasteiger partial charge in [-0.3, -0.25) is 9.59 Å². The summed E-state index contributed by atoms with van der Waals surface area (Å²) in [5.74, 6) is -0.137. The number of β-amino-alcohol motifs (C(OH)–C–C–N with tert-alkyl or cyclic N) is 1. The molecule has 2 amide bonds. The molecule has 1 unspecified atom stereocenters. The van der Waals surface area contributed by atoms with Gasteiger partial charge in [0, 0.05) is 39.1 Å². The Bertz CT molecular complexity index is 444. The van der Waals surface area contributed by atoms with Crippen LogP contribution in [0.2, 0.25) is 0 Å². The molecule has 0 bridgehead atoms. The molecule has 0 aromatic heterocycles. The summed E-state index contributed by atoms with van der Waals surface area (Å²) in [6.45, 7) is 3.14. The van der Waals surface area contributed by atoms with Crippen LogP contribution >= 0.6 is 0 Å². The fourth-order valence-corrected chi connectivity index (χ4v) is 4.23. The van der Waals surface area contributed by atoms with Crippen LogP contribution in [0.15, 0.2) is 0 Å². The SMILES string of the molecule is CC(=O)N1C[C@@H](O)C[C@@H]1C(=O)N(CC1CCCO1)C1CCCC1.